The highest BCUT2D eigenvalue weighted by Gasteiger charge is 2.39. The highest BCUT2D eigenvalue weighted by molar-refractivity contribution is 6.53. The van der Waals surface area contributed by atoms with Crippen molar-refractivity contribution in [3.63, 3.8) is 0 Å². The maximum absolute atomic E-state index is 13.2. The zero-order valence-corrected chi connectivity index (χ0v) is 19.0. The summed E-state index contributed by atoms with van der Waals surface area (Å²) in [5, 5.41) is 4.91. The van der Waals surface area contributed by atoms with Gasteiger partial charge in [0, 0.05) is 16.3 Å². The van der Waals surface area contributed by atoms with Gasteiger partial charge >= 0.3 is 6.18 Å². The Morgan fingerprint density at radius 3 is 2.29 bits per heavy atom. The van der Waals surface area contributed by atoms with E-state index in [2.05, 4.69) is 10.6 Å². The van der Waals surface area contributed by atoms with E-state index in [1.807, 2.05) is 0 Å². The van der Waals surface area contributed by atoms with Gasteiger partial charge in [0.2, 0.25) is 0 Å². The van der Waals surface area contributed by atoms with Crippen molar-refractivity contribution in [2.45, 2.75) is 6.18 Å². The van der Waals surface area contributed by atoms with E-state index in [1.165, 1.54) is 48.5 Å². The van der Waals surface area contributed by atoms with Crippen LogP contribution in [0.1, 0.15) is 15.9 Å². The molecule has 1 aliphatic rings. The third kappa shape index (κ3) is 5.01. The smallest absolute Gasteiger partial charge is 0.350 e. The number of halogens is 5. The van der Waals surface area contributed by atoms with Crippen molar-refractivity contribution in [2.24, 2.45) is 0 Å². The van der Waals surface area contributed by atoms with Crippen LogP contribution < -0.4 is 15.5 Å². The molecule has 0 saturated heterocycles. The van der Waals surface area contributed by atoms with Crippen molar-refractivity contribution in [1.29, 1.82) is 0 Å². The molecule has 2 N–H and O–H groups in total. The van der Waals surface area contributed by atoms with E-state index in [1.54, 1.807) is 12.1 Å². The lowest BCUT2D eigenvalue weighted by Crippen LogP contribution is -2.32. The van der Waals surface area contributed by atoms with Gasteiger partial charge in [0.1, 0.15) is 10.7 Å². The normalized spacial score (nSPS) is 13.9. The summed E-state index contributed by atoms with van der Waals surface area (Å²) in [5.74, 6) is -2.31. The molecular weight excluding hydrogens is 506 g/mol. The fraction of sp³-hybridized carbons (Fsp3) is 0.0417. The molecule has 178 valence electrons. The summed E-state index contributed by atoms with van der Waals surface area (Å²) < 4.78 is 39.7. The van der Waals surface area contributed by atoms with Gasteiger partial charge < -0.3 is 10.6 Å². The molecule has 0 atom stereocenters. The molecule has 35 heavy (non-hydrogen) atoms. The molecule has 0 fully saturated rings. The molecule has 0 aromatic heterocycles. The van der Waals surface area contributed by atoms with Gasteiger partial charge in [-0.05, 0) is 48.5 Å². The number of anilines is 3. The molecule has 0 aliphatic carbocycles. The molecule has 1 heterocycles. The van der Waals surface area contributed by atoms with Crippen molar-refractivity contribution in [3.05, 3.63) is 99.7 Å². The first kappa shape index (κ1) is 24.3. The zero-order chi connectivity index (χ0) is 25.3. The van der Waals surface area contributed by atoms with Gasteiger partial charge in [0.25, 0.3) is 17.7 Å². The van der Waals surface area contributed by atoms with Crippen LogP contribution in [-0.4, -0.2) is 17.7 Å². The number of imide groups is 1. The number of hydrogen-bond acceptors (Lipinski definition) is 4. The number of amides is 3. The van der Waals surface area contributed by atoms with Gasteiger partial charge in [-0.1, -0.05) is 47.5 Å². The largest absolute Gasteiger partial charge is 0.418 e. The molecule has 4 rings (SSSR count). The fourth-order valence-corrected chi connectivity index (χ4v) is 3.77. The molecule has 3 aromatic carbocycles. The van der Waals surface area contributed by atoms with E-state index in [9.17, 15) is 27.6 Å². The number of alkyl halides is 3. The summed E-state index contributed by atoms with van der Waals surface area (Å²) in [6, 6.07) is 16.3. The zero-order valence-electron chi connectivity index (χ0n) is 17.5. The van der Waals surface area contributed by atoms with E-state index in [0.717, 1.165) is 17.0 Å². The molecule has 0 bridgehead atoms. The van der Waals surface area contributed by atoms with E-state index in [4.69, 9.17) is 23.2 Å². The Hall–Kier alpha value is -3.82. The minimum Gasteiger partial charge on any atom is -0.350 e. The van der Waals surface area contributed by atoms with Crippen molar-refractivity contribution in [2.75, 3.05) is 15.5 Å². The Labute approximate surface area is 206 Å². The van der Waals surface area contributed by atoms with Crippen LogP contribution in [0.4, 0.5) is 30.2 Å². The van der Waals surface area contributed by atoms with E-state index >= 15 is 0 Å². The topological polar surface area (TPSA) is 78.5 Å². The van der Waals surface area contributed by atoms with Gasteiger partial charge in [-0.3, -0.25) is 14.4 Å². The first-order valence-electron chi connectivity index (χ1n) is 9.95. The summed E-state index contributed by atoms with van der Waals surface area (Å²) in [6.07, 6.45) is -4.65. The van der Waals surface area contributed by atoms with Gasteiger partial charge in [0.05, 0.1) is 16.9 Å². The molecular formula is C24H14Cl2F3N3O3. The van der Waals surface area contributed by atoms with Crippen LogP contribution in [0.5, 0.6) is 0 Å². The highest BCUT2D eigenvalue weighted by Crippen LogP contribution is 2.35. The van der Waals surface area contributed by atoms with Crippen LogP contribution >= 0.6 is 23.2 Å². The molecule has 3 aromatic rings. The SMILES string of the molecule is O=C(Nc1ccccc1C(F)(F)F)c1cccc(NC2=C(Cl)C(=O)N(c3cccc(Cl)c3)C2=O)c1. The predicted molar refractivity (Wildman–Crippen MR) is 126 cm³/mol. The third-order valence-electron chi connectivity index (χ3n) is 4.97. The number of carbonyl (C=O) groups excluding carboxylic acids is 3. The molecule has 1 aliphatic heterocycles. The van der Waals surface area contributed by atoms with Crippen LogP contribution in [-0.2, 0) is 15.8 Å². The Kier molecular flexibility index (Phi) is 6.56. The first-order chi connectivity index (χ1) is 16.6. The fourth-order valence-electron chi connectivity index (χ4n) is 3.38. The van der Waals surface area contributed by atoms with Crippen LogP contribution in [0.15, 0.2) is 83.5 Å². The number of carbonyl (C=O) groups is 3. The van der Waals surface area contributed by atoms with Crippen LogP contribution in [0.2, 0.25) is 5.02 Å². The number of para-hydroxylation sites is 1. The standard InChI is InChI=1S/C24H14Cl2F3N3O3/c25-14-6-4-8-16(12-14)32-22(34)19(26)20(23(32)35)30-15-7-3-5-13(11-15)21(33)31-18-10-2-1-9-17(18)24(27,28)29/h1-12,30H,(H,31,33). The lowest BCUT2D eigenvalue weighted by atomic mass is 10.1. The summed E-state index contributed by atoms with van der Waals surface area (Å²) in [5.41, 5.74) is -1.18. The molecule has 0 radical (unpaired) electrons. The maximum Gasteiger partial charge on any atom is 0.418 e. The van der Waals surface area contributed by atoms with Crippen LogP contribution in [0.3, 0.4) is 0 Å². The van der Waals surface area contributed by atoms with Gasteiger partial charge in [-0.2, -0.15) is 13.2 Å². The van der Waals surface area contributed by atoms with Crippen molar-refractivity contribution in [1.82, 2.24) is 0 Å². The molecule has 6 nitrogen and oxygen atoms in total. The lowest BCUT2D eigenvalue weighted by Gasteiger charge is -2.15. The second kappa shape index (κ2) is 9.44. The predicted octanol–water partition coefficient (Wildman–Crippen LogP) is 6.05. The van der Waals surface area contributed by atoms with Crippen LogP contribution in [0, 0.1) is 0 Å². The molecule has 0 spiro atoms. The Balaban J connectivity index is 1.56. The molecule has 3 amide bonds. The lowest BCUT2D eigenvalue weighted by molar-refractivity contribution is -0.137. The Morgan fingerprint density at radius 2 is 1.57 bits per heavy atom. The summed E-state index contributed by atoms with van der Waals surface area (Å²) in [6.45, 7) is 0. The summed E-state index contributed by atoms with van der Waals surface area (Å²) in [4.78, 5) is 39.0. The van der Waals surface area contributed by atoms with E-state index in [-0.39, 0.29) is 27.7 Å². The number of nitrogens with zero attached hydrogens (tertiary/aromatic N) is 1. The monoisotopic (exact) mass is 519 g/mol. The average molecular weight is 520 g/mol. The minimum atomic E-state index is -4.65. The quantitative estimate of drug-likeness (QED) is 0.402. The number of nitrogens with one attached hydrogen (secondary N) is 2. The van der Waals surface area contributed by atoms with Crippen LogP contribution in [0.25, 0.3) is 0 Å². The van der Waals surface area contributed by atoms with Crippen molar-refractivity contribution >= 4 is 58.0 Å². The molecule has 0 saturated carbocycles. The van der Waals surface area contributed by atoms with Gasteiger partial charge in [-0.15, -0.1) is 0 Å². The summed E-state index contributed by atoms with van der Waals surface area (Å²) in [7, 11) is 0. The number of benzene rings is 3. The van der Waals surface area contributed by atoms with Gasteiger partial charge in [-0.25, -0.2) is 4.90 Å². The second-order valence-corrected chi connectivity index (χ2v) is 8.13. The Morgan fingerprint density at radius 1 is 0.857 bits per heavy atom. The van der Waals surface area contributed by atoms with E-state index in [0.29, 0.717) is 5.02 Å². The first-order valence-corrected chi connectivity index (χ1v) is 10.7. The minimum absolute atomic E-state index is 0.00664. The number of rotatable bonds is 5. The van der Waals surface area contributed by atoms with Gasteiger partial charge in [0.15, 0.2) is 0 Å². The number of hydrogen-bond donors (Lipinski definition) is 2. The molecule has 11 heteroatoms. The maximum atomic E-state index is 13.2. The van der Waals surface area contributed by atoms with Crippen molar-refractivity contribution < 1.29 is 27.6 Å². The Bertz CT molecular complexity index is 1390. The second-order valence-electron chi connectivity index (χ2n) is 7.32. The van der Waals surface area contributed by atoms with E-state index < -0.39 is 35.1 Å². The average Bonchev–Trinajstić information content (AvgIpc) is 3.02. The molecule has 0 unspecified atom stereocenters. The van der Waals surface area contributed by atoms with Crippen molar-refractivity contribution in [3.8, 4) is 0 Å². The summed E-state index contributed by atoms with van der Waals surface area (Å²) >= 11 is 12.1. The third-order valence-corrected chi connectivity index (χ3v) is 5.55. The highest BCUT2D eigenvalue weighted by atomic mass is 35.5.